The van der Waals surface area contributed by atoms with Crippen LogP contribution in [0.25, 0.3) is 0 Å². The summed E-state index contributed by atoms with van der Waals surface area (Å²) < 4.78 is 0. The lowest BCUT2D eigenvalue weighted by Gasteiger charge is -2.37. The number of nitrogen functional groups attached to an aromatic ring is 1. The third-order valence-corrected chi connectivity index (χ3v) is 3.64. The van der Waals surface area contributed by atoms with E-state index in [0.29, 0.717) is 17.9 Å². The standard InChI is InChI=1S/C11H16N4O/c12-10-3-4-11(14-13-10)15-7-1-2-8(15)6-9(16)5-7/h3-4,7-9,16H,1-2,5-6H2,(H2,12,13). The van der Waals surface area contributed by atoms with E-state index >= 15 is 0 Å². The van der Waals surface area contributed by atoms with Gasteiger partial charge in [0, 0.05) is 12.1 Å². The summed E-state index contributed by atoms with van der Waals surface area (Å²) in [4.78, 5) is 2.30. The Morgan fingerprint density at radius 2 is 1.88 bits per heavy atom. The van der Waals surface area contributed by atoms with Crippen LogP contribution in [0.1, 0.15) is 25.7 Å². The quantitative estimate of drug-likeness (QED) is 0.723. The number of rotatable bonds is 1. The van der Waals surface area contributed by atoms with Crippen LogP contribution in [-0.4, -0.2) is 33.5 Å². The first-order valence-corrected chi connectivity index (χ1v) is 5.79. The predicted octanol–water partition coefficient (Wildman–Crippen LogP) is 0.551. The van der Waals surface area contributed by atoms with E-state index < -0.39 is 0 Å². The molecule has 16 heavy (non-hydrogen) atoms. The summed E-state index contributed by atoms with van der Waals surface area (Å²) in [5.74, 6) is 1.35. The highest BCUT2D eigenvalue weighted by Gasteiger charge is 2.40. The number of aliphatic hydroxyl groups excluding tert-OH is 1. The summed E-state index contributed by atoms with van der Waals surface area (Å²) in [6.45, 7) is 0. The van der Waals surface area contributed by atoms with E-state index in [2.05, 4.69) is 15.1 Å². The fraction of sp³-hybridized carbons (Fsp3) is 0.636. The lowest BCUT2D eigenvalue weighted by atomic mass is 10.00. The van der Waals surface area contributed by atoms with Gasteiger partial charge in [0.25, 0.3) is 0 Å². The number of aromatic nitrogens is 2. The topological polar surface area (TPSA) is 75.3 Å². The van der Waals surface area contributed by atoms with Crippen LogP contribution in [0.4, 0.5) is 11.6 Å². The van der Waals surface area contributed by atoms with Crippen LogP contribution >= 0.6 is 0 Å². The monoisotopic (exact) mass is 220 g/mol. The molecule has 2 saturated heterocycles. The minimum atomic E-state index is -0.143. The number of nitrogens with zero attached hydrogens (tertiary/aromatic N) is 3. The molecule has 2 aliphatic heterocycles. The Bertz CT molecular complexity index is 366. The van der Waals surface area contributed by atoms with Crippen molar-refractivity contribution in [2.45, 2.75) is 43.9 Å². The SMILES string of the molecule is Nc1ccc(N2C3CCC2CC(O)C3)nn1. The van der Waals surface area contributed by atoms with E-state index in [0.717, 1.165) is 31.5 Å². The lowest BCUT2D eigenvalue weighted by Crippen LogP contribution is -2.45. The van der Waals surface area contributed by atoms with Gasteiger partial charge in [-0.2, -0.15) is 0 Å². The van der Waals surface area contributed by atoms with Crippen LogP contribution < -0.4 is 10.6 Å². The zero-order valence-electron chi connectivity index (χ0n) is 9.08. The Morgan fingerprint density at radius 1 is 1.19 bits per heavy atom. The van der Waals surface area contributed by atoms with Gasteiger partial charge in [-0.1, -0.05) is 0 Å². The highest BCUT2D eigenvalue weighted by atomic mass is 16.3. The molecule has 3 heterocycles. The van der Waals surface area contributed by atoms with E-state index in [1.54, 1.807) is 6.07 Å². The van der Waals surface area contributed by atoms with Crippen molar-refractivity contribution in [1.29, 1.82) is 0 Å². The number of hydrogen-bond acceptors (Lipinski definition) is 5. The minimum absolute atomic E-state index is 0.143. The highest BCUT2D eigenvalue weighted by molar-refractivity contribution is 5.45. The molecule has 2 fully saturated rings. The van der Waals surface area contributed by atoms with E-state index in [1.165, 1.54) is 0 Å². The second-order valence-corrected chi connectivity index (χ2v) is 4.73. The molecular weight excluding hydrogens is 204 g/mol. The fourth-order valence-corrected chi connectivity index (χ4v) is 3.00. The normalized spacial score (nSPS) is 33.1. The molecule has 0 radical (unpaired) electrons. The van der Waals surface area contributed by atoms with Gasteiger partial charge in [0.1, 0.15) is 5.82 Å². The largest absolute Gasteiger partial charge is 0.393 e. The molecule has 1 aromatic heterocycles. The zero-order valence-corrected chi connectivity index (χ0v) is 9.08. The summed E-state index contributed by atoms with van der Waals surface area (Å²) >= 11 is 0. The predicted molar refractivity (Wildman–Crippen MR) is 61.0 cm³/mol. The molecule has 86 valence electrons. The summed E-state index contributed by atoms with van der Waals surface area (Å²) in [5.41, 5.74) is 5.53. The Kier molecular flexibility index (Phi) is 2.21. The molecule has 2 unspecified atom stereocenters. The Balaban J connectivity index is 1.88. The molecule has 2 aliphatic rings. The Hall–Kier alpha value is -1.36. The molecule has 0 saturated carbocycles. The Morgan fingerprint density at radius 3 is 2.44 bits per heavy atom. The van der Waals surface area contributed by atoms with Crippen LogP contribution in [0.3, 0.4) is 0 Å². The molecule has 3 rings (SSSR count). The lowest BCUT2D eigenvalue weighted by molar-refractivity contribution is 0.126. The highest BCUT2D eigenvalue weighted by Crippen LogP contribution is 2.38. The summed E-state index contributed by atoms with van der Waals surface area (Å²) in [7, 11) is 0. The van der Waals surface area contributed by atoms with Crippen molar-refractivity contribution < 1.29 is 5.11 Å². The maximum Gasteiger partial charge on any atom is 0.151 e. The fourth-order valence-electron chi connectivity index (χ4n) is 3.00. The summed E-state index contributed by atoms with van der Waals surface area (Å²) in [6, 6.07) is 4.55. The van der Waals surface area contributed by atoms with Crippen molar-refractivity contribution in [3.05, 3.63) is 12.1 Å². The second kappa shape index (κ2) is 3.59. The zero-order chi connectivity index (χ0) is 11.1. The average molecular weight is 220 g/mol. The third-order valence-electron chi connectivity index (χ3n) is 3.64. The Labute approximate surface area is 94.3 Å². The van der Waals surface area contributed by atoms with Crippen molar-refractivity contribution in [3.63, 3.8) is 0 Å². The molecule has 5 heteroatoms. The number of piperidine rings is 1. The number of fused-ring (bicyclic) bond motifs is 2. The molecule has 0 aliphatic carbocycles. The van der Waals surface area contributed by atoms with Gasteiger partial charge in [-0.05, 0) is 37.8 Å². The number of anilines is 2. The van der Waals surface area contributed by atoms with Crippen molar-refractivity contribution in [2.24, 2.45) is 0 Å². The second-order valence-electron chi connectivity index (χ2n) is 4.73. The van der Waals surface area contributed by atoms with Crippen molar-refractivity contribution in [1.82, 2.24) is 10.2 Å². The first-order valence-electron chi connectivity index (χ1n) is 5.79. The van der Waals surface area contributed by atoms with Gasteiger partial charge in [-0.15, -0.1) is 10.2 Å². The molecule has 0 spiro atoms. The van der Waals surface area contributed by atoms with Gasteiger partial charge in [0.15, 0.2) is 5.82 Å². The van der Waals surface area contributed by atoms with Crippen LogP contribution in [-0.2, 0) is 0 Å². The van der Waals surface area contributed by atoms with E-state index in [1.807, 2.05) is 6.07 Å². The van der Waals surface area contributed by atoms with Gasteiger partial charge in [0.05, 0.1) is 6.10 Å². The molecular formula is C11H16N4O. The number of hydrogen-bond donors (Lipinski definition) is 2. The first-order chi connectivity index (χ1) is 7.74. The molecule has 3 N–H and O–H groups in total. The van der Waals surface area contributed by atoms with Gasteiger partial charge in [-0.25, -0.2) is 0 Å². The van der Waals surface area contributed by atoms with Gasteiger partial charge < -0.3 is 15.7 Å². The number of nitrogens with two attached hydrogens (primary N) is 1. The maximum atomic E-state index is 9.72. The van der Waals surface area contributed by atoms with E-state index in [4.69, 9.17) is 5.73 Å². The molecule has 0 amide bonds. The minimum Gasteiger partial charge on any atom is -0.393 e. The van der Waals surface area contributed by atoms with Gasteiger partial charge in [0.2, 0.25) is 0 Å². The number of aliphatic hydroxyl groups is 1. The molecule has 2 atom stereocenters. The molecule has 1 aromatic rings. The van der Waals surface area contributed by atoms with Crippen molar-refractivity contribution in [2.75, 3.05) is 10.6 Å². The maximum absolute atomic E-state index is 9.72. The van der Waals surface area contributed by atoms with Crippen LogP contribution in [0.15, 0.2) is 12.1 Å². The van der Waals surface area contributed by atoms with Crippen molar-refractivity contribution >= 4 is 11.6 Å². The van der Waals surface area contributed by atoms with E-state index in [-0.39, 0.29) is 6.10 Å². The molecule has 5 nitrogen and oxygen atoms in total. The smallest absolute Gasteiger partial charge is 0.151 e. The van der Waals surface area contributed by atoms with Crippen LogP contribution in [0, 0.1) is 0 Å². The summed E-state index contributed by atoms with van der Waals surface area (Å²) in [5, 5.41) is 17.7. The molecule has 2 bridgehead atoms. The van der Waals surface area contributed by atoms with Crippen molar-refractivity contribution in [3.8, 4) is 0 Å². The summed E-state index contributed by atoms with van der Waals surface area (Å²) in [6.07, 6.45) is 3.85. The van der Waals surface area contributed by atoms with E-state index in [9.17, 15) is 5.11 Å². The van der Waals surface area contributed by atoms with Gasteiger partial charge in [-0.3, -0.25) is 0 Å². The first kappa shape index (κ1) is 9.84. The van der Waals surface area contributed by atoms with Gasteiger partial charge >= 0.3 is 0 Å². The molecule has 0 aromatic carbocycles. The third kappa shape index (κ3) is 1.51. The van der Waals surface area contributed by atoms with Crippen LogP contribution in [0.2, 0.25) is 0 Å². The average Bonchev–Trinajstić information content (AvgIpc) is 2.54. The van der Waals surface area contributed by atoms with Crippen LogP contribution in [0.5, 0.6) is 0 Å².